The first-order valence-corrected chi connectivity index (χ1v) is 11.1. The lowest BCUT2D eigenvalue weighted by Crippen LogP contribution is -2.23. The molecule has 7 rings (SSSR count). The van der Waals surface area contributed by atoms with E-state index in [0.29, 0.717) is 34.8 Å². The molecule has 1 saturated heterocycles. The number of oxazole rings is 1. The lowest BCUT2D eigenvalue weighted by Gasteiger charge is -2.21. The molecule has 11 nitrogen and oxygen atoms in total. The summed E-state index contributed by atoms with van der Waals surface area (Å²) in [5, 5.41) is 4.22. The van der Waals surface area contributed by atoms with Crippen LogP contribution < -0.4 is 10.5 Å². The number of imidazole rings is 1. The first kappa shape index (κ1) is 19.2. The number of anilines is 1. The number of hydrogen-bond donors (Lipinski definition) is 0. The summed E-state index contributed by atoms with van der Waals surface area (Å²) in [6.07, 6.45) is 6.20. The fourth-order valence-electron chi connectivity index (χ4n) is 5.11. The van der Waals surface area contributed by atoms with Gasteiger partial charge in [-0.25, -0.2) is 15.0 Å². The first-order chi connectivity index (χ1) is 16.7. The van der Waals surface area contributed by atoms with E-state index in [2.05, 4.69) is 54.3 Å². The second kappa shape index (κ2) is 7.11. The van der Waals surface area contributed by atoms with Crippen LogP contribution in [0, 0.1) is 11.8 Å². The molecular weight excluding hydrogens is 436 g/mol. The average Bonchev–Trinajstić information content (AvgIpc) is 3.47. The van der Waals surface area contributed by atoms with E-state index in [-0.39, 0.29) is 12.1 Å². The van der Waals surface area contributed by atoms with E-state index < -0.39 is 0 Å². The predicted molar refractivity (Wildman–Crippen MR) is 120 cm³/mol. The highest BCUT2D eigenvalue weighted by Crippen LogP contribution is 2.57. The predicted octanol–water partition coefficient (Wildman–Crippen LogP) is 2.07. The standard InChI is InChI=1S/C23H20N8O3/c1-29-10-25-22-20(29)23(32)31(11-26-22)9-18-27-21(28-34-18)19-15-7-30(8-16(15)19)14-4-2-13(3-5-14)17-6-24-12-33-17/h2-6,10-12,15-16,19H,7-9H2,1H3/t15-,16+,19?. The molecule has 0 amide bonds. The van der Waals surface area contributed by atoms with Crippen molar-refractivity contribution in [1.29, 1.82) is 0 Å². The van der Waals surface area contributed by atoms with E-state index in [1.54, 1.807) is 24.1 Å². The molecule has 5 heterocycles. The SMILES string of the molecule is Cn1cnc2ncn(Cc3nc(C4[C@H]5CN(c6ccc(-c7cnco7)cc6)C[C@@H]45)no3)c(=O)c21. The zero-order chi connectivity index (χ0) is 22.8. The van der Waals surface area contributed by atoms with Gasteiger partial charge in [-0.1, -0.05) is 5.16 Å². The van der Waals surface area contributed by atoms with E-state index in [4.69, 9.17) is 8.94 Å². The van der Waals surface area contributed by atoms with E-state index in [9.17, 15) is 4.79 Å². The molecule has 1 aliphatic heterocycles. The summed E-state index contributed by atoms with van der Waals surface area (Å²) >= 11 is 0. The van der Waals surface area contributed by atoms with Crippen LogP contribution in [0.3, 0.4) is 0 Å². The third-order valence-corrected chi connectivity index (χ3v) is 6.93. The van der Waals surface area contributed by atoms with Gasteiger partial charge in [0.2, 0.25) is 5.89 Å². The zero-order valence-electron chi connectivity index (χ0n) is 18.3. The van der Waals surface area contributed by atoms with Crippen molar-refractivity contribution in [3.8, 4) is 11.3 Å². The normalized spacial score (nSPS) is 21.3. The topological polar surface area (TPSA) is 121 Å². The molecule has 2 fully saturated rings. The molecule has 2 aliphatic rings. The van der Waals surface area contributed by atoms with Crippen molar-refractivity contribution in [3.05, 3.63) is 71.6 Å². The largest absolute Gasteiger partial charge is 0.444 e. The molecule has 3 atom stereocenters. The van der Waals surface area contributed by atoms with Crippen LogP contribution in [-0.4, -0.2) is 47.3 Å². The van der Waals surface area contributed by atoms with E-state index in [0.717, 1.165) is 30.2 Å². The lowest BCUT2D eigenvalue weighted by atomic mass is 10.1. The average molecular weight is 456 g/mol. The van der Waals surface area contributed by atoms with Gasteiger partial charge in [0, 0.05) is 37.3 Å². The van der Waals surface area contributed by atoms with E-state index >= 15 is 0 Å². The maximum absolute atomic E-state index is 12.7. The molecule has 1 saturated carbocycles. The van der Waals surface area contributed by atoms with Gasteiger partial charge in [-0.15, -0.1) is 0 Å². The Morgan fingerprint density at radius 3 is 2.65 bits per heavy atom. The highest BCUT2D eigenvalue weighted by molar-refractivity contribution is 5.68. The van der Waals surface area contributed by atoms with Crippen molar-refractivity contribution in [1.82, 2.24) is 34.2 Å². The van der Waals surface area contributed by atoms with Gasteiger partial charge in [0.05, 0.1) is 12.5 Å². The van der Waals surface area contributed by atoms with Gasteiger partial charge in [0.25, 0.3) is 5.56 Å². The number of rotatable bonds is 5. The second-order valence-electron chi connectivity index (χ2n) is 8.92. The molecule has 0 radical (unpaired) electrons. The van der Waals surface area contributed by atoms with Gasteiger partial charge in [-0.3, -0.25) is 9.36 Å². The maximum Gasteiger partial charge on any atom is 0.280 e. The van der Waals surface area contributed by atoms with Crippen molar-refractivity contribution < 1.29 is 8.94 Å². The summed E-state index contributed by atoms with van der Waals surface area (Å²) in [5.74, 6) is 3.22. The minimum atomic E-state index is -0.182. The molecular formula is C23H20N8O3. The maximum atomic E-state index is 12.7. The molecule has 1 unspecified atom stereocenters. The van der Waals surface area contributed by atoms with Gasteiger partial charge in [0.15, 0.2) is 29.1 Å². The second-order valence-corrected chi connectivity index (χ2v) is 8.92. The van der Waals surface area contributed by atoms with Crippen LogP contribution >= 0.6 is 0 Å². The van der Waals surface area contributed by atoms with Gasteiger partial charge in [-0.05, 0) is 36.1 Å². The van der Waals surface area contributed by atoms with Gasteiger partial charge in [-0.2, -0.15) is 4.98 Å². The third kappa shape index (κ3) is 2.96. The summed E-state index contributed by atoms with van der Waals surface area (Å²) in [6.45, 7) is 2.11. The van der Waals surface area contributed by atoms with Crippen LogP contribution in [-0.2, 0) is 13.6 Å². The van der Waals surface area contributed by atoms with Crippen LogP contribution in [0.2, 0.25) is 0 Å². The molecule has 4 aromatic heterocycles. The van der Waals surface area contributed by atoms with Crippen LogP contribution in [0.15, 0.2) is 63.2 Å². The summed E-state index contributed by atoms with van der Waals surface area (Å²) in [6, 6.07) is 8.36. The Labute approximate surface area is 192 Å². The number of aryl methyl sites for hydroxylation is 1. The molecule has 0 spiro atoms. The zero-order valence-corrected chi connectivity index (χ0v) is 18.3. The Bertz CT molecular complexity index is 1540. The highest BCUT2D eigenvalue weighted by atomic mass is 16.5. The molecule has 5 aromatic rings. The summed E-state index contributed by atoms with van der Waals surface area (Å²) in [5.41, 5.74) is 2.91. The van der Waals surface area contributed by atoms with Gasteiger partial charge < -0.3 is 18.4 Å². The van der Waals surface area contributed by atoms with E-state index in [1.165, 1.54) is 23.0 Å². The van der Waals surface area contributed by atoms with Gasteiger partial charge >= 0.3 is 0 Å². The summed E-state index contributed by atoms with van der Waals surface area (Å²) < 4.78 is 14.0. The summed E-state index contributed by atoms with van der Waals surface area (Å²) in [4.78, 5) is 32.1. The van der Waals surface area contributed by atoms with Crippen molar-refractivity contribution in [2.45, 2.75) is 12.5 Å². The smallest absolute Gasteiger partial charge is 0.280 e. The molecule has 11 heteroatoms. The highest BCUT2D eigenvalue weighted by Gasteiger charge is 2.58. The molecule has 1 aromatic carbocycles. The fraction of sp³-hybridized carbons (Fsp3) is 0.304. The van der Waals surface area contributed by atoms with Crippen LogP contribution in [0.25, 0.3) is 22.5 Å². The number of hydrogen-bond acceptors (Lipinski definition) is 9. The van der Waals surface area contributed by atoms with Crippen molar-refractivity contribution in [3.63, 3.8) is 0 Å². The van der Waals surface area contributed by atoms with Gasteiger partial charge in [0.1, 0.15) is 12.9 Å². The lowest BCUT2D eigenvalue weighted by molar-refractivity contribution is 0.363. The number of benzene rings is 1. The van der Waals surface area contributed by atoms with Crippen LogP contribution in [0.1, 0.15) is 17.6 Å². The Morgan fingerprint density at radius 1 is 1.09 bits per heavy atom. The number of aromatic nitrogens is 7. The Kier molecular flexibility index (Phi) is 4.02. The van der Waals surface area contributed by atoms with Crippen molar-refractivity contribution in [2.24, 2.45) is 18.9 Å². The third-order valence-electron chi connectivity index (χ3n) is 6.93. The quantitative estimate of drug-likeness (QED) is 0.391. The van der Waals surface area contributed by atoms with Crippen molar-refractivity contribution in [2.75, 3.05) is 18.0 Å². The molecule has 0 N–H and O–H groups in total. The van der Waals surface area contributed by atoms with Crippen LogP contribution in [0.5, 0.6) is 0 Å². The number of piperidine rings is 1. The fourth-order valence-corrected chi connectivity index (χ4v) is 5.11. The van der Waals surface area contributed by atoms with E-state index in [1.807, 2.05) is 0 Å². The minimum Gasteiger partial charge on any atom is -0.444 e. The minimum absolute atomic E-state index is 0.182. The number of nitrogens with zero attached hydrogens (tertiary/aromatic N) is 8. The molecule has 1 aliphatic carbocycles. The van der Waals surface area contributed by atoms with Crippen molar-refractivity contribution >= 4 is 16.9 Å². The Balaban J connectivity index is 1.03. The molecule has 0 bridgehead atoms. The molecule has 170 valence electrons. The monoisotopic (exact) mass is 456 g/mol. The summed E-state index contributed by atoms with van der Waals surface area (Å²) in [7, 11) is 1.77. The number of fused-ring (bicyclic) bond motifs is 2. The molecule has 34 heavy (non-hydrogen) atoms. The van der Waals surface area contributed by atoms with Crippen LogP contribution in [0.4, 0.5) is 5.69 Å². The Morgan fingerprint density at radius 2 is 1.88 bits per heavy atom. The Hall–Kier alpha value is -4.28. The first-order valence-electron chi connectivity index (χ1n) is 11.1.